The maximum absolute atomic E-state index is 10.3. The molecule has 4 heteroatoms. The van der Waals surface area contributed by atoms with Gasteiger partial charge in [-0.3, -0.25) is 0 Å². The Morgan fingerprint density at radius 2 is 1.73 bits per heavy atom. The van der Waals surface area contributed by atoms with Crippen LogP contribution in [0.1, 0.15) is 40.5 Å². The van der Waals surface area contributed by atoms with Crippen molar-refractivity contribution in [3.63, 3.8) is 0 Å². The van der Waals surface area contributed by atoms with E-state index in [-0.39, 0.29) is 11.1 Å². The molecule has 0 unspecified atom stereocenters. The van der Waals surface area contributed by atoms with Crippen molar-refractivity contribution in [3.8, 4) is 5.75 Å². The first-order valence-electron chi connectivity index (χ1n) is 9.55. The molecule has 1 saturated heterocycles. The van der Waals surface area contributed by atoms with Crippen LogP contribution < -0.4 is 15.4 Å². The Bertz CT molecular complexity index is 726. The van der Waals surface area contributed by atoms with Crippen molar-refractivity contribution in [2.45, 2.75) is 63.8 Å². The summed E-state index contributed by atoms with van der Waals surface area (Å²) in [6.45, 7) is 9.79. The maximum atomic E-state index is 10.3. The second-order valence-electron chi connectivity index (χ2n) is 8.88. The standard InChI is InChI=1S/C22H32N2O2/c1-21(2)12-18(13-22(3,4)24-21)23-14-19(25)15-26-20-10-9-16-7-5-6-8-17(16)11-20/h5-11,18-19,23-25H,12-15H2,1-4H3/t19-/m0/s1. The molecular weight excluding hydrogens is 324 g/mol. The first-order chi connectivity index (χ1) is 12.2. The lowest BCUT2D eigenvalue weighted by atomic mass is 9.79. The van der Waals surface area contributed by atoms with Gasteiger partial charge in [-0.15, -0.1) is 0 Å². The minimum atomic E-state index is -0.525. The van der Waals surface area contributed by atoms with E-state index in [0.717, 1.165) is 24.0 Å². The van der Waals surface area contributed by atoms with Crippen molar-refractivity contribution >= 4 is 10.8 Å². The van der Waals surface area contributed by atoms with Gasteiger partial charge in [0.15, 0.2) is 0 Å². The van der Waals surface area contributed by atoms with Gasteiger partial charge in [0.1, 0.15) is 18.5 Å². The fourth-order valence-corrected chi connectivity index (χ4v) is 4.28. The number of aliphatic hydroxyl groups is 1. The topological polar surface area (TPSA) is 53.5 Å². The second-order valence-corrected chi connectivity index (χ2v) is 8.88. The van der Waals surface area contributed by atoms with Crippen LogP contribution in [0.25, 0.3) is 10.8 Å². The first-order valence-corrected chi connectivity index (χ1v) is 9.55. The monoisotopic (exact) mass is 356 g/mol. The van der Waals surface area contributed by atoms with Crippen molar-refractivity contribution in [1.29, 1.82) is 0 Å². The number of piperidine rings is 1. The summed E-state index contributed by atoms with van der Waals surface area (Å²) < 4.78 is 5.80. The van der Waals surface area contributed by atoms with Gasteiger partial charge in [-0.05, 0) is 63.4 Å². The fourth-order valence-electron chi connectivity index (χ4n) is 4.28. The minimum Gasteiger partial charge on any atom is -0.491 e. The van der Waals surface area contributed by atoms with Crippen molar-refractivity contribution in [2.24, 2.45) is 0 Å². The number of rotatable bonds is 6. The minimum absolute atomic E-state index is 0.103. The van der Waals surface area contributed by atoms with Gasteiger partial charge in [0.05, 0.1) is 0 Å². The second kappa shape index (κ2) is 7.55. The van der Waals surface area contributed by atoms with Crippen LogP contribution in [0.15, 0.2) is 42.5 Å². The highest BCUT2D eigenvalue weighted by Crippen LogP contribution is 2.28. The van der Waals surface area contributed by atoms with Crippen molar-refractivity contribution in [2.75, 3.05) is 13.2 Å². The third-order valence-electron chi connectivity index (χ3n) is 5.00. The van der Waals surface area contributed by atoms with Crippen LogP contribution in [-0.2, 0) is 0 Å². The number of benzene rings is 2. The lowest BCUT2D eigenvalue weighted by molar-refractivity contribution is 0.0902. The molecule has 0 bridgehead atoms. The summed E-state index contributed by atoms with van der Waals surface area (Å²) >= 11 is 0. The van der Waals surface area contributed by atoms with Gasteiger partial charge in [0.2, 0.25) is 0 Å². The summed E-state index contributed by atoms with van der Waals surface area (Å²) in [6, 6.07) is 14.6. The van der Waals surface area contributed by atoms with E-state index in [0.29, 0.717) is 19.2 Å². The third-order valence-corrected chi connectivity index (χ3v) is 5.00. The van der Waals surface area contributed by atoms with Crippen LogP contribution >= 0.6 is 0 Å². The molecular formula is C22H32N2O2. The summed E-state index contributed by atoms with van der Waals surface area (Å²) in [5, 5.41) is 19.9. The fraction of sp³-hybridized carbons (Fsp3) is 0.545. The molecule has 3 rings (SSSR count). The summed E-state index contributed by atoms with van der Waals surface area (Å²) in [4.78, 5) is 0. The Balaban J connectivity index is 1.48. The molecule has 0 spiro atoms. The zero-order valence-electron chi connectivity index (χ0n) is 16.4. The van der Waals surface area contributed by atoms with E-state index in [1.807, 2.05) is 24.3 Å². The molecule has 2 aromatic carbocycles. The Hall–Kier alpha value is -1.62. The van der Waals surface area contributed by atoms with E-state index in [1.54, 1.807) is 0 Å². The van der Waals surface area contributed by atoms with Gasteiger partial charge in [-0.25, -0.2) is 0 Å². The Morgan fingerprint density at radius 3 is 2.42 bits per heavy atom. The quantitative estimate of drug-likeness (QED) is 0.742. The van der Waals surface area contributed by atoms with Gasteiger partial charge in [0, 0.05) is 23.7 Å². The lowest BCUT2D eigenvalue weighted by Crippen LogP contribution is -2.62. The zero-order chi connectivity index (χ0) is 18.8. The van der Waals surface area contributed by atoms with Gasteiger partial charge in [-0.2, -0.15) is 0 Å². The Morgan fingerprint density at radius 1 is 1.08 bits per heavy atom. The van der Waals surface area contributed by atoms with E-state index < -0.39 is 6.10 Å². The van der Waals surface area contributed by atoms with Gasteiger partial charge in [0.25, 0.3) is 0 Å². The summed E-state index contributed by atoms with van der Waals surface area (Å²) in [7, 11) is 0. The Kier molecular flexibility index (Phi) is 5.56. The molecule has 0 radical (unpaired) electrons. The highest BCUT2D eigenvalue weighted by Gasteiger charge is 2.37. The molecule has 2 aromatic rings. The lowest BCUT2D eigenvalue weighted by Gasteiger charge is -2.47. The maximum Gasteiger partial charge on any atom is 0.120 e. The van der Waals surface area contributed by atoms with Crippen LogP contribution in [0.5, 0.6) is 5.75 Å². The van der Waals surface area contributed by atoms with Crippen molar-refractivity contribution in [3.05, 3.63) is 42.5 Å². The molecule has 3 N–H and O–H groups in total. The molecule has 0 saturated carbocycles. The number of aliphatic hydroxyl groups excluding tert-OH is 1. The summed E-state index contributed by atoms with van der Waals surface area (Å²) in [5.41, 5.74) is 0.206. The molecule has 1 fully saturated rings. The summed E-state index contributed by atoms with van der Waals surface area (Å²) in [6.07, 6.45) is 1.58. The van der Waals surface area contributed by atoms with E-state index >= 15 is 0 Å². The molecule has 1 heterocycles. The summed E-state index contributed by atoms with van der Waals surface area (Å²) in [5.74, 6) is 0.798. The number of hydrogen-bond donors (Lipinski definition) is 3. The van der Waals surface area contributed by atoms with E-state index in [4.69, 9.17) is 4.74 Å². The van der Waals surface area contributed by atoms with Crippen LogP contribution in [0, 0.1) is 0 Å². The number of fused-ring (bicyclic) bond motifs is 1. The number of nitrogens with one attached hydrogen (secondary N) is 2. The average Bonchev–Trinajstić information content (AvgIpc) is 2.55. The normalized spacial score (nSPS) is 20.8. The van der Waals surface area contributed by atoms with E-state index in [2.05, 4.69) is 56.5 Å². The molecule has 4 nitrogen and oxygen atoms in total. The van der Waals surface area contributed by atoms with Crippen molar-refractivity contribution < 1.29 is 9.84 Å². The SMILES string of the molecule is CC1(C)CC(NC[C@H](O)COc2ccc3ccccc3c2)CC(C)(C)N1. The highest BCUT2D eigenvalue weighted by molar-refractivity contribution is 5.83. The molecule has 0 aliphatic carbocycles. The van der Waals surface area contributed by atoms with E-state index in [1.165, 1.54) is 5.39 Å². The third kappa shape index (κ3) is 5.19. The zero-order valence-corrected chi connectivity index (χ0v) is 16.4. The molecule has 1 aliphatic rings. The largest absolute Gasteiger partial charge is 0.491 e. The average molecular weight is 357 g/mol. The molecule has 142 valence electrons. The number of ether oxygens (including phenoxy) is 1. The molecule has 0 amide bonds. The predicted molar refractivity (Wildman–Crippen MR) is 108 cm³/mol. The van der Waals surface area contributed by atoms with Crippen LogP contribution in [0.4, 0.5) is 0 Å². The van der Waals surface area contributed by atoms with Crippen LogP contribution in [0.2, 0.25) is 0 Å². The van der Waals surface area contributed by atoms with Gasteiger partial charge >= 0.3 is 0 Å². The molecule has 26 heavy (non-hydrogen) atoms. The van der Waals surface area contributed by atoms with Crippen molar-refractivity contribution in [1.82, 2.24) is 10.6 Å². The van der Waals surface area contributed by atoms with Gasteiger partial charge < -0.3 is 20.5 Å². The Labute approximate surface area is 156 Å². The first kappa shape index (κ1) is 19.2. The van der Waals surface area contributed by atoms with Gasteiger partial charge in [-0.1, -0.05) is 30.3 Å². The van der Waals surface area contributed by atoms with Crippen LogP contribution in [0.3, 0.4) is 0 Å². The molecule has 0 aromatic heterocycles. The smallest absolute Gasteiger partial charge is 0.120 e. The molecule has 1 atom stereocenters. The highest BCUT2D eigenvalue weighted by atomic mass is 16.5. The molecule has 1 aliphatic heterocycles. The predicted octanol–water partition coefficient (Wildman–Crippen LogP) is 3.48. The number of hydrogen-bond acceptors (Lipinski definition) is 4. The van der Waals surface area contributed by atoms with Crippen LogP contribution in [-0.4, -0.2) is 41.5 Å². The van der Waals surface area contributed by atoms with E-state index in [9.17, 15) is 5.11 Å².